The van der Waals surface area contributed by atoms with Crippen LogP contribution in [0.5, 0.6) is 0 Å². The fourth-order valence-electron chi connectivity index (χ4n) is 1.04. The van der Waals surface area contributed by atoms with Gasteiger partial charge in [0.15, 0.2) is 0 Å². The zero-order valence-corrected chi connectivity index (χ0v) is 7.08. The minimum Gasteiger partial charge on any atom is -0.319 e. The third kappa shape index (κ3) is 2.36. The minimum absolute atomic E-state index is 0.437. The molecule has 0 radical (unpaired) electrons. The highest BCUT2D eigenvalue weighted by molar-refractivity contribution is 5.48. The maximum atomic E-state index is 12.2. The van der Waals surface area contributed by atoms with Gasteiger partial charge in [0.25, 0.3) is 6.43 Å². The van der Waals surface area contributed by atoms with Gasteiger partial charge in [0.1, 0.15) is 0 Å². The third-order valence-corrected chi connectivity index (χ3v) is 1.80. The molecule has 0 saturated heterocycles. The molecule has 13 heavy (non-hydrogen) atoms. The highest BCUT2D eigenvalue weighted by Gasteiger charge is 2.16. The summed E-state index contributed by atoms with van der Waals surface area (Å²) in [5.74, 6) is 0. The molecule has 0 aliphatic heterocycles. The highest BCUT2D eigenvalue weighted by Crippen LogP contribution is 2.19. The monoisotopic (exact) mass is 183 g/mol. The second kappa shape index (κ2) is 4.14. The van der Waals surface area contributed by atoms with Crippen molar-refractivity contribution in [2.75, 3.05) is 0 Å². The Labute approximate surface area is 75.9 Å². The predicted molar refractivity (Wildman–Crippen MR) is 49.5 cm³/mol. The van der Waals surface area contributed by atoms with Crippen LogP contribution in [0.3, 0.4) is 0 Å². The molecule has 0 heterocycles. The molecule has 70 valence electrons. The van der Waals surface area contributed by atoms with Gasteiger partial charge >= 0.3 is 0 Å². The van der Waals surface area contributed by atoms with Crippen molar-refractivity contribution in [1.82, 2.24) is 0 Å². The molecule has 1 unspecified atom stereocenters. The van der Waals surface area contributed by atoms with Crippen LogP contribution >= 0.6 is 0 Å². The van der Waals surface area contributed by atoms with Gasteiger partial charge in [-0.15, -0.1) is 0 Å². The first-order chi connectivity index (χ1) is 6.15. The number of nitrogens with two attached hydrogens (primary N) is 1. The lowest BCUT2D eigenvalue weighted by atomic mass is 10.1. The van der Waals surface area contributed by atoms with Crippen molar-refractivity contribution in [3.8, 4) is 0 Å². The molecule has 3 heteroatoms. The second-order valence-electron chi connectivity index (χ2n) is 2.73. The van der Waals surface area contributed by atoms with E-state index in [2.05, 4.69) is 6.58 Å². The van der Waals surface area contributed by atoms with Crippen molar-refractivity contribution >= 4 is 6.08 Å². The summed E-state index contributed by atoms with van der Waals surface area (Å²) in [5.41, 5.74) is 6.51. The molecule has 0 spiro atoms. The first-order valence-electron chi connectivity index (χ1n) is 3.91. The quantitative estimate of drug-likeness (QED) is 0.765. The van der Waals surface area contributed by atoms with Crippen LogP contribution in [-0.2, 0) is 0 Å². The Bertz CT molecular complexity index is 297. The number of hydrogen-bond donors (Lipinski definition) is 1. The van der Waals surface area contributed by atoms with Crippen molar-refractivity contribution in [2.45, 2.75) is 12.5 Å². The Morgan fingerprint density at radius 2 is 2.08 bits per heavy atom. The van der Waals surface area contributed by atoms with E-state index < -0.39 is 12.5 Å². The smallest absolute Gasteiger partial charge is 0.257 e. The molecule has 0 bridgehead atoms. The van der Waals surface area contributed by atoms with E-state index in [1.54, 1.807) is 30.3 Å². The van der Waals surface area contributed by atoms with Gasteiger partial charge in [0.2, 0.25) is 0 Å². The number of alkyl halides is 2. The Balaban J connectivity index is 2.94. The molecule has 0 aromatic heterocycles. The van der Waals surface area contributed by atoms with Gasteiger partial charge in [-0.25, -0.2) is 8.78 Å². The SMILES string of the molecule is C=Cc1cccc(C(N)C(F)F)c1. The Kier molecular flexibility index (Phi) is 3.14. The fourth-order valence-corrected chi connectivity index (χ4v) is 1.04. The summed E-state index contributed by atoms with van der Waals surface area (Å²) < 4.78 is 24.4. The number of benzene rings is 1. The van der Waals surface area contributed by atoms with Gasteiger partial charge in [-0.1, -0.05) is 30.9 Å². The van der Waals surface area contributed by atoms with Gasteiger partial charge in [-0.3, -0.25) is 0 Å². The van der Waals surface area contributed by atoms with E-state index in [0.717, 1.165) is 5.56 Å². The third-order valence-electron chi connectivity index (χ3n) is 1.80. The predicted octanol–water partition coefficient (Wildman–Crippen LogP) is 2.59. The number of halogens is 2. The molecular formula is C10H11F2N. The van der Waals surface area contributed by atoms with Crippen molar-refractivity contribution in [1.29, 1.82) is 0 Å². The minimum atomic E-state index is -2.53. The van der Waals surface area contributed by atoms with Crippen LogP contribution in [0, 0.1) is 0 Å². The van der Waals surface area contributed by atoms with Crippen molar-refractivity contribution in [2.24, 2.45) is 5.73 Å². The molecule has 1 rings (SSSR count). The van der Waals surface area contributed by atoms with Crippen molar-refractivity contribution in [3.63, 3.8) is 0 Å². The zero-order valence-electron chi connectivity index (χ0n) is 7.08. The molecule has 2 N–H and O–H groups in total. The van der Waals surface area contributed by atoms with Crippen LogP contribution in [0.25, 0.3) is 6.08 Å². The standard InChI is InChI=1S/C10H11F2N/c1-2-7-4-3-5-8(6-7)9(13)10(11)12/h2-6,9-10H,1,13H2. The second-order valence-corrected chi connectivity index (χ2v) is 2.73. The van der Waals surface area contributed by atoms with Crippen LogP contribution < -0.4 is 5.73 Å². The van der Waals surface area contributed by atoms with Gasteiger partial charge < -0.3 is 5.73 Å². The molecule has 0 fully saturated rings. The van der Waals surface area contributed by atoms with Crippen molar-refractivity contribution in [3.05, 3.63) is 42.0 Å². The highest BCUT2D eigenvalue weighted by atomic mass is 19.3. The summed E-state index contributed by atoms with van der Waals surface area (Å²) in [6, 6.07) is 5.47. The topological polar surface area (TPSA) is 26.0 Å². The summed E-state index contributed by atoms with van der Waals surface area (Å²) >= 11 is 0. The van der Waals surface area contributed by atoms with E-state index in [1.165, 1.54) is 0 Å². The first-order valence-corrected chi connectivity index (χ1v) is 3.91. The van der Waals surface area contributed by atoms with E-state index in [-0.39, 0.29) is 0 Å². The first kappa shape index (κ1) is 9.86. The molecule has 0 amide bonds. The molecule has 1 nitrogen and oxygen atoms in total. The van der Waals surface area contributed by atoms with Crippen LogP contribution in [0.2, 0.25) is 0 Å². The van der Waals surface area contributed by atoms with Gasteiger partial charge in [0, 0.05) is 0 Å². The fraction of sp³-hybridized carbons (Fsp3) is 0.200. The summed E-state index contributed by atoms with van der Waals surface area (Å²) in [4.78, 5) is 0. The van der Waals surface area contributed by atoms with E-state index in [4.69, 9.17) is 5.73 Å². The molecule has 1 aromatic rings. The lowest BCUT2D eigenvalue weighted by Gasteiger charge is -2.10. The normalized spacial score (nSPS) is 12.9. The lowest BCUT2D eigenvalue weighted by Crippen LogP contribution is -2.18. The average Bonchev–Trinajstić information content (AvgIpc) is 2.16. The lowest BCUT2D eigenvalue weighted by molar-refractivity contribution is 0.116. The summed E-state index contributed by atoms with van der Waals surface area (Å²) in [6.07, 6.45) is -0.929. The summed E-state index contributed by atoms with van der Waals surface area (Å²) in [7, 11) is 0. The van der Waals surface area contributed by atoms with E-state index in [0.29, 0.717) is 5.56 Å². The van der Waals surface area contributed by atoms with Crippen LogP contribution in [0.4, 0.5) is 8.78 Å². The van der Waals surface area contributed by atoms with E-state index in [9.17, 15) is 8.78 Å². The molecule has 0 saturated carbocycles. The number of hydrogen-bond acceptors (Lipinski definition) is 1. The average molecular weight is 183 g/mol. The van der Waals surface area contributed by atoms with Crippen LogP contribution in [-0.4, -0.2) is 6.43 Å². The van der Waals surface area contributed by atoms with Crippen molar-refractivity contribution < 1.29 is 8.78 Å². The largest absolute Gasteiger partial charge is 0.319 e. The Hall–Kier alpha value is -1.22. The van der Waals surface area contributed by atoms with Gasteiger partial charge in [-0.05, 0) is 17.2 Å². The van der Waals surface area contributed by atoms with Crippen LogP contribution in [0.15, 0.2) is 30.8 Å². The summed E-state index contributed by atoms with van der Waals surface area (Å²) in [6.45, 7) is 3.55. The Morgan fingerprint density at radius 1 is 1.38 bits per heavy atom. The van der Waals surface area contributed by atoms with Gasteiger partial charge in [0.05, 0.1) is 6.04 Å². The van der Waals surface area contributed by atoms with Gasteiger partial charge in [-0.2, -0.15) is 0 Å². The van der Waals surface area contributed by atoms with E-state index in [1.807, 2.05) is 0 Å². The summed E-state index contributed by atoms with van der Waals surface area (Å²) in [5, 5.41) is 0. The molecular weight excluding hydrogens is 172 g/mol. The maximum absolute atomic E-state index is 12.2. The Morgan fingerprint density at radius 3 is 2.62 bits per heavy atom. The van der Waals surface area contributed by atoms with Crippen LogP contribution in [0.1, 0.15) is 17.2 Å². The zero-order chi connectivity index (χ0) is 9.84. The number of rotatable bonds is 3. The molecule has 1 atom stereocenters. The molecule has 0 aliphatic carbocycles. The maximum Gasteiger partial charge on any atom is 0.257 e. The molecule has 1 aromatic carbocycles. The molecule has 0 aliphatic rings. The van der Waals surface area contributed by atoms with E-state index >= 15 is 0 Å².